The van der Waals surface area contributed by atoms with Gasteiger partial charge in [-0.25, -0.2) is 0 Å². The summed E-state index contributed by atoms with van der Waals surface area (Å²) in [6, 6.07) is 13.4. The van der Waals surface area contributed by atoms with E-state index in [0.717, 1.165) is 41.3 Å². The molecule has 1 N–H and O–H groups in total. The number of aromatic nitrogens is 1. The van der Waals surface area contributed by atoms with Gasteiger partial charge >= 0.3 is 5.91 Å². The lowest BCUT2D eigenvalue weighted by Crippen LogP contribution is -2.08. The van der Waals surface area contributed by atoms with Gasteiger partial charge in [-0.3, -0.25) is 4.79 Å². The van der Waals surface area contributed by atoms with E-state index in [-0.39, 0.29) is 12.5 Å². The number of benzene rings is 2. The molecule has 0 saturated heterocycles. The average molecular weight is 393 g/mol. The fourth-order valence-corrected chi connectivity index (χ4v) is 3.27. The molecule has 152 valence electrons. The van der Waals surface area contributed by atoms with Crippen LogP contribution in [0, 0.1) is 13.8 Å². The molecule has 0 radical (unpaired) electrons. The second-order valence-corrected chi connectivity index (χ2v) is 7.20. The van der Waals surface area contributed by atoms with Gasteiger partial charge in [-0.2, -0.15) is 0 Å². The number of rotatable bonds is 8. The maximum Gasteiger partial charge on any atom is 0.302 e. The summed E-state index contributed by atoms with van der Waals surface area (Å²) in [4.78, 5) is 12.2. The Labute approximate surface area is 170 Å². The average Bonchev–Trinajstić information content (AvgIpc) is 2.96. The number of carbonyl (C=O) groups is 1. The second kappa shape index (κ2) is 9.37. The van der Waals surface area contributed by atoms with Gasteiger partial charge in [-0.15, -0.1) is 10.2 Å². The Hall–Kier alpha value is -3.15. The van der Waals surface area contributed by atoms with Crippen molar-refractivity contribution in [2.24, 2.45) is 10.2 Å². The van der Waals surface area contributed by atoms with Crippen molar-refractivity contribution in [2.75, 3.05) is 6.61 Å². The Morgan fingerprint density at radius 1 is 1.14 bits per heavy atom. The Balaban J connectivity index is 1.81. The molecule has 3 aromatic rings. The van der Waals surface area contributed by atoms with Gasteiger partial charge in [0.25, 0.3) is 0 Å². The van der Waals surface area contributed by atoms with E-state index in [4.69, 9.17) is 4.74 Å². The Morgan fingerprint density at radius 3 is 2.69 bits per heavy atom. The minimum Gasteiger partial charge on any atom is -0.493 e. The minimum absolute atomic E-state index is 0.0399. The van der Waals surface area contributed by atoms with Crippen molar-refractivity contribution < 1.29 is 14.6 Å². The van der Waals surface area contributed by atoms with Gasteiger partial charge in [0.15, 0.2) is 12.3 Å². The number of unbranched alkanes of at least 4 members (excludes halogenated alkanes) is 2. The molecule has 0 aliphatic carbocycles. The smallest absolute Gasteiger partial charge is 0.302 e. The normalized spacial score (nSPS) is 11.4. The van der Waals surface area contributed by atoms with Crippen LogP contribution in [0.1, 0.15) is 37.3 Å². The molecule has 1 heterocycles. The lowest BCUT2D eigenvalue weighted by atomic mass is 10.1. The number of ether oxygens (including phenoxy) is 1. The van der Waals surface area contributed by atoms with Gasteiger partial charge in [0.2, 0.25) is 5.88 Å². The standard InChI is InChI=1S/C23H27N3O3/c1-4-5-8-13-26-19-12-11-16(2)14-18(19)22(23(26)28)25-24-21(27)15-29-20-10-7-6-9-17(20)3/h6-7,9-12,14,28H,4-5,8,13,15H2,1-3H3. The maximum absolute atomic E-state index is 12.2. The van der Waals surface area contributed by atoms with E-state index >= 15 is 0 Å². The van der Waals surface area contributed by atoms with Crippen molar-refractivity contribution in [3.8, 4) is 11.6 Å². The summed E-state index contributed by atoms with van der Waals surface area (Å²) in [6.45, 7) is 6.52. The van der Waals surface area contributed by atoms with E-state index in [1.165, 1.54) is 0 Å². The zero-order valence-corrected chi connectivity index (χ0v) is 17.2. The molecule has 0 bridgehead atoms. The van der Waals surface area contributed by atoms with Crippen molar-refractivity contribution >= 4 is 22.5 Å². The SMILES string of the molecule is CCCCCn1c(O)c(N=NC(=O)COc2ccccc2C)c2cc(C)ccc21. The second-order valence-electron chi connectivity index (χ2n) is 7.20. The quantitative estimate of drug-likeness (QED) is 0.386. The highest BCUT2D eigenvalue weighted by Crippen LogP contribution is 2.39. The summed E-state index contributed by atoms with van der Waals surface area (Å²) in [7, 11) is 0. The zero-order chi connectivity index (χ0) is 20.8. The number of para-hydroxylation sites is 1. The summed E-state index contributed by atoms with van der Waals surface area (Å²) in [6.07, 6.45) is 3.14. The number of aryl methyl sites for hydroxylation is 3. The van der Waals surface area contributed by atoms with Crippen LogP contribution in [0.3, 0.4) is 0 Å². The van der Waals surface area contributed by atoms with Crippen LogP contribution in [0.2, 0.25) is 0 Å². The topological polar surface area (TPSA) is 76.2 Å². The fraction of sp³-hybridized carbons (Fsp3) is 0.348. The molecule has 6 heteroatoms. The van der Waals surface area contributed by atoms with Crippen LogP contribution < -0.4 is 4.74 Å². The molecular weight excluding hydrogens is 366 g/mol. The zero-order valence-electron chi connectivity index (χ0n) is 17.2. The van der Waals surface area contributed by atoms with Crippen LogP contribution in [-0.2, 0) is 11.3 Å². The number of fused-ring (bicyclic) bond motifs is 1. The Morgan fingerprint density at radius 2 is 1.93 bits per heavy atom. The van der Waals surface area contributed by atoms with Gasteiger partial charge in [0, 0.05) is 11.9 Å². The summed E-state index contributed by atoms with van der Waals surface area (Å²) in [5, 5.41) is 19.4. The highest BCUT2D eigenvalue weighted by Gasteiger charge is 2.17. The first-order chi connectivity index (χ1) is 14.0. The highest BCUT2D eigenvalue weighted by atomic mass is 16.5. The lowest BCUT2D eigenvalue weighted by Gasteiger charge is -2.06. The van der Waals surface area contributed by atoms with Crippen molar-refractivity contribution in [1.29, 1.82) is 0 Å². The molecule has 6 nitrogen and oxygen atoms in total. The first-order valence-corrected chi connectivity index (χ1v) is 9.96. The molecule has 1 amide bonds. The van der Waals surface area contributed by atoms with E-state index in [0.29, 0.717) is 18.0 Å². The van der Waals surface area contributed by atoms with E-state index in [1.807, 2.05) is 54.8 Å². The van der Waals surface area contributed by atoms with E-state index in [1.54, 1.807) is 6.07 Å². The number of hydrogen-bond acceptors (Lipinski definition) is 4. The molecule has 2 aromatic carbocycles. The molecule has 29 heavy (non-hydrogen) atoms. The van der Waals surface area contributed by atoms with E-state index < -0.39 is 5.91 Å². The number of azo groups is 1. The molecular formula is C23H27N3O3. The third kappa shape index (κ3) is 4.83. The predicted octanol–water partition coefficient (Wildman–Crippen LogP) is 5.84. The van der Waals surface area contributed by atoms with Gasteiger partial charge in [-0.05, 0) is 44.0 Å². The minimum atomic E-state index is -0.507. The number of hydrogen-bond donors (Lipinski definition) is 1. The van der Waals surface area contributed by atoms with Crippen LogP contribution in [0.15, 0.2) is 52.7 Å². The van der Waals surface area contributed by atoms with Gasteiger partial charge < -0.3 is 14.4 Å². The molecule has 0 spiro atoms. The van der Waals surface area contributed by atoms with Crippen molar-refractivity contribution in [3.05, 3.63) is 53.6 Å². The van der Waals surface area contributed by atoms with Gasteiger partial charge in [0.05, 0.1) is 5.52 Å². The highest BCUT2D eigenvalue weighted by molar-refractivity contribution is 5.95. The summed E-state index contributed by atoms with van der Waals surface area (Å²) >= 11 is 0. The Kier molecular flexibility index (Phi) is 6.65. The van der Waals surface area contributed by atoms with Gasteiger partial charge in [-0.1, -0.05) is 49.6 Å². The number of carbonyl (C=O) groups excluding carboxylic acids is 1. The van der Waals surface area contributed by atoms with Crippen molar-refractivity contribution in [2.45, 2.75) is 46.6 Å². The Bertz CT molecular complexity index is 1040. The van der Waals surface area contributed by atoms with Crippen LogP contribution in [0.4, 0.5) is 5.69 Å². The lowest BCUT2D eigenvalue weighted by molar-refractivity contribution is -0.120. The largest absolute Gasteiger partial charge is 0.493 e. The number of nitrogens with zero attached hydrogens (tertiary/aromatic N) is 3. The van der Waals surface area contributed by atoms with Crippen molar-refractivity contribution in [3.63, 3.8) is 0 Å². The van der Waals surface area contributed by atoms with Crippen LogP contribution in [0.5, 0.6) is 11.6 Å². The van der Waals surface area contributed by atoms with Crippen LogP contribution >= 0.6 is 0 Å². The molecule has 0 saturated carbocycles. The monoisotopic (exact) mass is 393 g/mol. The molecule has 1 aromatic heterocycles. The third-order valence-electron chi connectivity index (χ3n) is 4.86. The molecule has 0 atom stereocenters. The fourth-order valence-electron chi connectivity index (χ4n) is 3.27. The molecule has 0 aliphatic heterocycles. The molecule has 0 aliphatic rings. The summed E-state index contributed by atoms with van der Waals surface area (Å²) in [5.41, 5.74) is 3.21. The summed E-state index contributed by atoms with van der Waals surface area (Å²) in [5.74, 6) is 0.173. The first-order valence-electron chi connectivity index (χ1n) is 9.96. The maximum atomic E-state index is 12.2. The number of amides is 1. The molecule has 0 fully saturated rings. The molecule has 3 rings (SSSR count). The molecule has 0 unspecified atom stereocenters. The van der Waals surface area contributed by atoms with Crippen LogP contribution in [-0.4, -0.2) is 22.2 Å². The first kappa shape index (κ1) is 20.6. The summed E-state index contributed by atoms with van der Waals surface area (Å²) < 4.78 is 7.36. The van der Waals surface area contributed by atoms with E-state index in [2.05, 4.69) is 17.2 Å². The predicted molar refractivity (Wildman–Crippen MR) is 114 cm³/mol. The number of aromatic hydroxyl groups is 1. The van der Waals surface area contributed by atoms with E-state index in [9.17, 15) is 9.90 Å². The third-order valence-corrected chi connectivity index (χ3v) is 4.86. The van der Waals surface area contributed by atoms with Crippen molar-refractivity contribution in [1.82, 2.24) is 4.57 Å². The van der Waals surface area contributed by atoms with Crippen LogP contribution in [0.25, 0.3) is 10.9 Å². The van der Waals surface area contributed by atoms with Gasteiger partial charge in [0.1, 0.15) is 5.75 Å².